The number of anilines is 1. The van der Waals surface area contributed by atoms with E-state index in [-0.39, 0.29) is 11.4 Å². The molecule has 128 valence electrons. The minimum atomic E-state index is -0.325. The van der Waals surface area contributed by atoms with Crippen LogP contribution in [-0.2, 0) is 4.79 Å². The lowest BCUT2D eigenvalue weighted by atomic mass is 9.74. The summed E-state index contributed by atoms with van der Waals surface area (Å²) >= 11 is 0. The van der Waals surface area contributed by atoms with Gasteiger partial charge >= 0.3 is 0 Å². The topological polar surface area (TPSA) is 41.6 Å². The van der Waals surface area contributed by atoms with Gasteiger partial charge in [-0.3, -0.25) is 9.69 Å². The quantitative estimate of drug-likeness (QED) is 0.829. The number of amides is 1. The molecule has 1 aromatic carbocycles. The van der Waals surface area contributed by atoms with E-state index in [1.165, 1.54) is 0 Å². The number of unbranched alkanes of at least 4 members (excludes halogenated alkanes) is 1. The third-order valence-corrected chi connectivity index (χ3v) is 5.16. The van der Waals surface area contributed by atoms with Gasteiger partial charge in [0.1, 0.15) is 11.3 Å². The van der Waals surface area contributed by atoms with E-state index in [9.17, 15) is 4.79 Å². The number of likely N-dealkylation sites (N-methyl/N-ethyl adjacent to an activating group) is 1. The van der Waals surface area contributed by atoms with E-state index in [1.807, 2.05) is 26.0 Å². The van der Waals surface area contributed by atoms with E-state index >= 15 is 0 Å². The molecule has 0 radical (unpaired) electrons. The zero-order chi connectivity index (χ0) is 17.0. The predicted molar refractivity (Wildman–Crippen MR) is 95.2 cm³/mol. The molecule has 4 nitrogen and oxygen atoms in total. The van der Waals surface area contributed by atoms with Crippen molar-refractivity contribution in [1.82, 2.24) is 4.90 Å². The summed E-state index contributed by atoms with van der Waals surface area (Å²) in [4.78, 5) is 15.2. The number of benzene rings is 1. The van der Waals surface area contributed by atoms with Gasteiger partial charge in [0.25, 0.3) is 0 Å². The molecule has 1 aliphatic rings. The Morgan fingerprint density at radius 1 is 1.30 bits per heavy atom. The van der Waals surface area contributed by atoms with Gasteiger partial charge in [0.15, 0.2) is 0 Å². The molecule has 23 heavy (non-hydrogen) atoms. The first kappa shape index (κ1) is 17.8. The maximum Gasteiger partial charge on any atom is 0.244 e. The molecule has 4 heteroatoms. The Bertz CT molecular complexity index is 541. The summed E-state index contributed by atoms with van der Waals surface area (Å²) in [5, 5.41) is 3.19. The highest BCUT2D eigenvalue weighted by Gasteiger charge is 2.47. The number of aryl methyl sites for hydroxylation is 2. The second-order valence-corrected chi connectivity index (χ2v) is 6.75. The number of ether oxygens (including phenoxy) is 1. The largest absolute Gasteiger partial charge is 0.497 e. The van der Waals surface area contributed by atoms with Gasteiger partial charge in [-0.1, -0.05) is 13.3 Å². The lowest BCUT2D eigenvalue weighted by molar-refractivity contribution is -0.133. The molecular formula is C19H30N2O2. The van der Waals surface area contributed by atoms with E-state index in [2.05, 4.69) is 24.2 Å². The summed E-state index contributed by atoms with van der Waals surface area (Å²) in [6.45, 7) is 7.19. The lowest BCUT2D eigenvalue weighted by Crippen LogP contribution is -2.60. The molecule has 1 fully saturated rings. The van der Waals surface area contributed by atoms with Crippen LogP contribution in [0.4, 0.5) is 5.69 Å². The number of carbonyl (C=O) groups excluding carboxylic acids is 1. The highest BCUT2D eigenvalue weighted by atomic mass is 16.5. The maximum atomic E-state index is 13.0. The number of hydrogen-bond donors (Lipinski definition) is 1. The summed E-state index contributed by atoms with van der Waals surface area (Å²) in [5.41, 5.74) is 2.68. The van der Waals surface area contributed by atoms with Crippen LogP contribution in [-0.4, -0.2) is 37.0 Å². The Labute approximate surface area is 140 Å². The molecule has 1 saturated carbocycles. The van der Waals surface area contributed by atoms with Crippen LogP contribution in [0.25, 0.3) is 0 Å². The number of nitrogens with one attached hydrogen (secondary N) is 1. The average molecular weight is 318 g/mol. The highest BCUT2D eigenvalue weighted by Crippen LogP contribution is 2.39. The van der Waals surface area contributed by atoms with Gasteiger partial charge in [0.05, 0.1) is 7.11 Å². The third-order valence-electron chi connectivity index (χ3n) is 5.16. The van der Waals surface area contributed by atoms with Crippen molar-refractivity contribution in [2.75, 3.05) is 26.0 Å². The molecule has 0 unspecified atom stereocenters. The van der Waals surface area contributed by atoms with Crippen LogP contribution in [0.1, 0.15) is 50.2 Å². The summed E-state index contributed by atoms with van der Waals surface area (Å²) in [6, 6.07) is 3.94. The van der Waals surface area contributed by atoms with Gasteiger partial charge < -0.3 is 10.1 Å². The molecule has 1 N–H and O–H groups in total. The molecule has 0 saturated heterocycles. The summed E-state index contributed by atoms with van der Waals surface area (Å²) < 4.78 is 5.30. The van der Waals surface area contributed by atoms with E-state index in [0.29, 0.717) is 0 Å². The molecule has 0 spiro atoms. The van der Waals surface area contributed by atoms with Crippen molar-refractivity contribution < 1.29 is 9.53 Å². The van der Waals surface area contributed by atoms with Crippen LogP contribution < -0.4 is 10.1 Å². The van der Waals surface area contributed by atoms with Crippen molar-refractivity contribution >= 4 is 11.6 Å². The Hall–Kier alpha value is -1.55. The zero-order valence-electron chi connectivity index (χ0n) is 15.2. The Balaban J connectivity index is 2.17. The number of rotatable bonds is 7. The first-order chi connectivity index (χ1) is 10.9. The molecule has 2 rings (SSSR count). The Morgan fingerprint density at radius 2 is 1.91 bits per heavy atom. The van der Waals surface area contributed by atoms with E-state index in [0.717, 1.165) is 61.2 Å². The van der Waals surface area contributed by atoms with Crippen molar-refractivity contribution in [3.63, 3.8) is 0 Å². The van der Waals surface area contributed by atoms with E-state index < -0.39 is 0 Å². The molecule has 1 aromatic rings. The van der Waals surface area contributed by atoms with Gasteiger partial charge in [0.2, 0.25) is 5.91 Å². The number of nitrogens with zero attached hydrogens (tertiary/aromatic N) is 1. The Kier molecular flexibility index (Phi) is 5.69. The first-order valence-corrected chi connectivity index (χ1v) is 8.62. The van der Waals surface area contributed by atoms with Gasteiger partial charge in [-0.25, -0.2) is 0 Å². The van der Waals surface area contributed by atoms with Crippen LogP contribution in [0, 0.1) is 13.8 Å². The van der Waals surface area contributed by atoms with E-state index in [4.69, 9.17) is 4.74 Å². The number of carbonyl (C=O) groups is 1. The third kappa shape index (κ3) is 3.52. The fourth-order valence-electron chi connectivity index (χ4n) is 3.37. The second kappa shape index (κ2) is 7.35. The average Bonchev–Trinajstić information content (AvgIpc) is 2.47. The monoisotopic (exact) mass is 318 g/mol. The molecule has 0 aromatic heterocycles. The van der Waals surface area contributed by atoms with Crippen LogP contribution in [0.5, 0.6) is 5.75 Å². The fraction of sp³-hybridized carbons (Fsp3) is 0.632. The van der Waals surface area contributed by atoms with Crippen LogP contribution in [0.2, 0.25) is 0 Å². The molecule has 0 atom stereocenters. The SMILES string of the molecule is CCCCN(C)C1(C(=O)Nc2c(C)cc(OC)cc2C)CCC1. The molecular weight excluding hydrogens is 288 g/mol. The lowest BCUT2D eigenvalue weighted by Gasteiger charge is -2.47. The van der Waals surface area contributed by atoms with Crippen molar-refractivity contribution in [3.8, 4) is 5.75 Å². The highest BCUT2D eigenvalue weighted by molar-refractivity contribution is 6.00. The molecule has 1 amide bonds. The van der Waals surface area contributed by atoms with Crippen LogP contribution in [0.15, 0.2) is 12.1 Å². The maximum absolute atomic E-state index is 13.0. The normalized spacial score (nSPS) is 16.1. The molecule has 0 aliphatic heterocycles. The Morgan fingerprint density at radius 3 is 2.35 bits per heavy atom. The summed E-state index contributed by atoms with van der Waals surface area (Å²) in [7, 11) is 3.75. The number of methoxy groups -OCH3 is 1. The molecule has 0 heterocycles. The molecule has 1 aliphatic carbocycles. The van der Waals surface area contributed by atoms with Gasteiger partial charge in [-0.2, -0.15) is 0 Å². The van der Waals surface area contributed by atoms with Crippen LogP contribution in [0.3, 0.4) is 0 Å². The van der Waals surface area contributed by atoms with Crippen molar-refractivity contribution in [2.24, 2.45) is 0 Å². The van der Waals surface area contributed by atoms with Gasteiger partial charge in [-0.15, -0.1) is 0 Å². The van der Waals surface area contributed by atoms with Crippen molar-refractivity contribution in [3.05, 3.63) is 23.3 Å². The minimum Gasteiger partial charge on any atom is -0.497 e. The summed E-state index contributed by atoms with van der Waals surface area (Å²) in [5.74, 6) is 0.968. The predicted octanol–water partition coefficient (Wildman–Crippen LogP) is 3.91. The van der Waals surface area contributed by atoms with Crippen molar-refractivity contribution in [2.45, 2.75) is 58.4 Å². The van der Waals surface area contributed by atoms with Crippen molar-refractivity contribution in [1.29, 1.82) is 0 Å². The fourth-order valence-corrected chi connectivity index (χ4v) is 3.37. The second-order valence-electron chi connectivity index (χ2n) is 6.75. The number of hydrogen-bond acceptors (Lipinski definition) is 3. The molecule has 0 bridgehead atoms. The van der Waals surface area contributed by atoms with E-state index in [1.54, 1.807) is 7.11 Å². The van der Waals surface area contributed by atoms with Crippen LogP contribution >= 0.6 is 0 Å². The van der Waals surface area contributed by atoms with Gasteiger partial charge in [0, 0.05) is 5.69 Å². The first-order valence-electron chi connectivity index (χ1n) is 8.62. The summed E-state index contributed by atoms with van der Waals surface area (Å²) in [6.07, 6.45) is 5.32. The smallest absolute Gasteiger partial charge is 0.244 e. The standard InChI is InChI=1S/C19H30N2O2/c1-6-7-11-21(4)19(9-8-10-19)18(22)20-17-14(2)12-16(23-5)13-15(17)3/h12-13H,6-11H2,1-5H3,(H,20,22). The van der Waals surface area contributed by atoms with Gasteiger partial charge in [-0.05, 0) is 76.4 Å². The minimum absolute atomic E-state index is 0.138. The zero-order valence-corrected chi connectivity index (χ0v) is 15.2.